The summed E-state index contributed by atoms with van der Waals surface area (Å²) in [5.41, 5.74) is -2.84. The van der Waals surface area contributed by atoms with Crippen molar-refractivity contribution in [2.24, 2.45) is 0 Å². The van der Waals surface area contributed by atoms with E-state index in [-0.39, 0.29) is 6.42 Å². The van der Waals surface area contributed by atoms with Gasteiger partial charge >= 0.3 is 11.9 Å². The van der Waals surface area contributed by atoms with Crippen molar-refractivity contribution in [3.8, 4) is 0 Å². The normalized spacial score (nSPS) is 17.5. The second-order valence-electron chi connectivity index (χ2n) is 5.01. The minimum Gasteiger partial charge on any atom is -0.478 e. The van der Waals surface area contributed by atoms with Gasteiger partial charge in [-0.2, -0.15) is 0 Å². The monoisotopic (exact) mass is 330 g/mol. The van der Waals surface area contributed by atoms with Crippen molar-refractivity contribution in [2.45, 2.75) is 19.3 Å². The van der Waals surface area contributed by atoms with Crippen molar-refractivity contribution < 1.29 is 37.4 Å². The Bertz CT molecular complexity index is 751. The number of carboxylic acids is 2. The Kier molecular flexibility index (Phi) is 4.26. The molecule has 0 aromatic heterocycles. The van der Waals surface area contributed by atoms with Crippen LogP contribution in [0.15, 0.2) is 23.3 Å². The van der Waals surface area contributed by atoms with Gasteiger partial charge in [0.15, 0.2) is 23.3 Å². The van der Waals surface area contributed by atoms with Crippen LogP contribution in [0.1, 0.15) is 35.2 Å². The summed E-state index contributed by atoms with van der Waals surface area (Å²) >= 11 is 0. The topological polar surface area (TPSA) is 74.6 Å². The molecule has 0 fully saturated rings. The first-order valence-electron chi connectivity index (χ1n) is 6.36. The number of allylic oxidation sites excluding steroid dienone is 3. The fourth-order valence-corrected chi connectivity index (χ4v) is 2.41. The zero-order valence-corrected chi connectivity index (χ0v) is 11.7. The average molecular weight is 330 g/mol. The third-order valence-corrected chi connectivity index (χ3v) is 3.50. The van der Waals surface area contributed by atoms with Gasteiger partial charge in [-0.3, -0.25) is 0 Å². The molecule has 0 saturated carbocycles. The van der Waals surface area contributed by atoms with Gasteiger partial charge in [0.05, 0.1) is 0 Å². The van der Waals surface area contributed by atoms with Gasteiger partial charge in [0.2, 0.25) is 0 Å². The van der Waals surface area contributed by atoms with Crippen molar-refractivity contribution >= 4 is 11.9 Å². The van der Waals surface area contributed by atoms with E-state index in [2.05, 4.69) is 0 Å². The lowest BCUT2D eigenvalue weighted by molar-refractivity contribution is -0.132. The first-order chi connectivity index (χ1) is 10.7. The van der Waals surface area contributed by atoms with Crippen molar-refractivity contribution in [1.29, 1.82) is 0 Å². The molecule has 0 bridgehead atoms. The number of rotatable bonds is 3. The van der Waals surface area contributed by atoms with Crippen LogP contribution in [-0.4, -0.2) is 22.2 Å². The number of benzene rings is 1. The molecule has 1 unspecified atom stereocenters. The van der Waals surface area contributed by atoms with Gasteiger partial charge in [0.25, 0.3) is 0 Å². The van der Waals surface area contributed by atoms with Crippen molar-refractivity contribution in [2.75, 3.05) is 0 Å². The lowest BCUT2D eigenvalue weighted by atomic mass is 9.83. The highest BCUT2D eigenvalue weighted by Crippen LogP contribution is 2.37. The molecule has 4 nitrogen and oxygen atoms in total. The second-order valence-corrected chi connectivity index (χ2v) is 5.01. The quantitative estimate of drug-likeness (QED) is 0.506. The Morgan fingerprint density at radius 3 is 1.96 bits per heavy atom. The van der Waals surface area contributed by atoms with Crippen LogP contribution in [0.25, 0.3) is 0 Å². The van der Waals surface area contributed by atoms with E-state index >= 15 is 0 Å². The maximum absolute atomic E-state index is 14.1. The van der Waals surface area contributed by atoms with Crippen LogP contribution in [-0.2, 0) is 4.79 Å². The predicted octanol–water partition coefficient (Wildman–Crippen LogP) is 3.39. The lowest BCUT2D eigenvalue weighted by Gasteiger charge is -2.21. The zero-order valence-electron chi connectivity index (χ0n) is 11.7. The van der Waals surface area contributed by atoms with E-state index in [0.29, 0.717) is 5.57 Å². The molecule has 23 heavy (non-hydrogen) atoms. The highest BCUT2D eigenvalue weighted by atomic mass is 19.2. The Balaban J connectivity index is 2.78. The first-order valence-corrected chi connectivity index (χ1v) is 6.36. The maximum Gasteiger partial charge on any atom is 0.341 e. The van der Waals surface area contributed by atoms with E-state index in [9.17, 15) is 27.2 Å². The molecular formula is C15H10F4O4. The molecule has 0 amide bonds. The molecule has 1 aromatic carbocycles. The Labute approximate surface area is 127 Å². The smallest absolute Gasteiger partial charge is 0.341 e. The summed E-state index contributed by atoms with van der Waals surface area (Å²) in [4.78, 5) is 21.9. The molecule has 2 rings (SSSR count). The summed E-state index contributed by atoms with van der Waals surface area (Å²) in [7, 11) is 0. The molecule has 0 heterocycles. The molecule has 0 aliphatic heterocycles. The van der Waals surface area contributed by atoms with Gasteiger partial charge in [-0.05, 0) is 13.3 Å². The molecule has 1 atom stereocenters. The number of hydrogen-bond acceptors (Lipinski definition) is 2. The van der Waals surface area contributed by atoms with Gasteiger partial charge in [0.1, 0.15) is 5.56 Å². The van der Waals surface area contributed by atoms with E-state index in [1.165, 1.54) is 12.2 Å². The SMILES string of the molecule is CC1=CC(c2c(F)c(F)c(C(=O)O)c(F)c2F)C(C(=O)O)=CC1. The van der Waals surface area contributed by atoms with Crippen LogP contribution in [0.3, 0.4) is 0 Å². The molecule has 2 N–H and O–H groups in total. The second kappa shape index (κ2) is 5.86. The zero-order chi connectivity index (χ0) is 17.5. The molecule has 1 aromatic rings. The summed E-state index contributed by atoms with van der Waals surface area (Å²) in [6.07, 6.45) is 2.56. The average Bonchev–Trinajstić information content (AvgIpc) is 2.45. The number of aliphatic carboxylic acids is 1. The van der Waals surface area contributed by atoms with Crippen LogP contribution in [0.2, 0.25) is 0 Å². The number of aromatic carboxylic acids is 1. The fourth-order valence-electron chi connectivity index (χ4n) is 2.41. The van der Waals surface area contributed by atoms with E-state index in [4.69, 9.17) is 10.2 Å². The molecule has 8 heteroatoms. The van der Waals surface area contributed by atoms with Crippen LogP contribution < -0.4 is 0 Å². The molecule has 0 spiro atoms. The van der Waals surface area contributed by atoms with Crippen LogP contribution in [0, 0.1) is 23.3 Å². The number of hydrogen-bond donors (Lipinski definition) is 2. The van der Waals surface area contributed by atoms with Crippen molar-refractivity contribution in [3.63, 3.8) is 0 Å². The number of carbonyl (C=O) groups is 2. The summed E-state index contributed by atoms with van der Waals surface area (Å²) < 4.78 is 55.8. The largest absolute Gasteiger partial charge is 0.478 e. The third kappa shape index (κ3) is 2.71. The molecule has 122 valence electrons. The van der Waals surface area contributed by atoms with Gasteiger partial charge in [-0.25, -0.2) is 27.2 Å². The Morgan fingerprint density at radius 2 is 1.52 bits per heavy atom. The van der Waals surface area contributed by atoms with E-state index in [1.807, 2.05) is 0 Å². The fraction of sp³-hybridized carbons (Fsp3) is 0.200. The van der Waals surface area contributed by atoms with E-state index in [0.717, 1.165) is 0 Å². The number of carboxylic acid groups (broad SMARTS) is 2. The highest BCUT2D eigenvalue weighted by Gasteiger charge is 2.35. The van der Waals surface area contributed by atoms with Crippen molar-refractivity contribution in [1.82, 2.24) is 0 Å². The summed E-state index contributed by atoms with van der Waals surface area (Å²) in [5, 5.41) is 17.7. The predicted molar refractivity (Wildman–Crippen MR) is 70.1 cm³/mol. The standard InChI is InChI=1S/C15H10F4O4/c1-5-2-3-6(14(20)21)7(4-5)8-10(16)12(18)9(15(22)23)13(19)11(8)17/h3-4,7H,2H2,1H3,(H,20,21)(H,22,23). The third-order valence-electron chi connectivity index (χ3n) is 3.50. The minimum atomic E-state index is -2.17. The van der Waals surface area contributed by atoms with Crippen LogP contribution in [0.4, 0.5) is 17.6 Å². The van der Waals surface area contributed by atoms with Crippen LogP contribution >= 0.6 is 0 Å². The Hall–Kier alpha value is -2.64. The highest BCUT2D eigenvalue weighted by molar-refractivity contribution is 5.90. The van der Waals surface area contributed by atoms with Gasteiger partial charge in [0, 0.05) is 17.1 Å². The van der Waals surface area contributed by atoms with Crippen molar-refractivity contribution in [3.05, 3.63) is 57.7 Å². The summed E-state index contributed by atoms with van der Waals surface area (Å²) in [6.45, 7) is 1.55. The van der Waals surface area contributed by atoms with Gasteiger partial charge < -0.3 is 10.2 Å². The van der Waals surface area contributed by atoms with E-state index in [1.54, 1.807) is 6.92 Å². The maximum atomic E-state index is 14.1. The molecule has 1 aliphatic carbocycles. The van der Waals surface area contributed by atoms with Gasteiger partial charge in [-0.1, -0.05) is 17.7 Å². The summed E-state index contributed by atoms with van der Waals surface area (Å²) in [5.74, 6) is -13.2. The lowest BCUT2D eigenvalue weighted by Crippen LogP contribution is -2.19. The van der Waals surface area contributed by atoms with E-state index < -0.39 is 57.8 Å². The summed E-state index contributed by atoms with van der Waals surface area (Å²) in [6, 6.07) is 0. The number of halogens is 4. The van der Waals surface area contributed by atoms with Crippen LogP contribution in [0.5, 0.6) is 0 Å². The molecule has 0 saturated heterocycles. The molecular weight excluding hydrogens is 320 g/mol. The first kappa shape index (κ1) is 16.7. The minimum absolute atomic E-state index is 0.208. The molecule has 1 aliphatic rings. The molecule has 0 radical (unpaired) electrons. The Morgan fingerprint density at radius 1 is 1.00 bits per heavy atom. The van der Waals surface area contributed by atoms with Gasteiger partial charge in [-0.15, -0.1) is 0 Å².